The summed E-state index contributed by atoms with van der Waals surface area (Å²) in [7, 11) is 0. The number of halogens is 2. The molecule has 0 aromatic carbocycles. The quantitative estimate of drug-likeness (QED) is 0.844. The van der Waals surface area contributed by atoms with Crippen molar-refractivity contribution in [2.24, 2.45) is 11.7 Å². The molecule has 0 amide bonds. The van der Waals surface area contributed by atoms with Crippen LogP contribution in [0.25, 0.3) is 0 Å². The predicted molar refractivity (Wildman–Crippen MR) is 57.3 cm³/mol. The van der Waals surface area contributed by atoms with Gasteiger partial charge in [-0.2, -0.15) is 0 Å². The maximum Gasteiger partial charge on any atom is 0.281 e. The number of nitrogens with zero attached hydrogens (tertiary/aromatic N) is 3. The molecule has 0 saturated heterocycles. The lowest BCUT2D eigenvalue weighted by molar-refractivity contribution is 0.132. The number of hydrogen-bond acceptors (Lipinski definition) is 3. The first-order valence-electron chi connectivity index (χ1n) is 5.41. The Kier molecular flexibility index (Phi) is 4.35. The average Bonchev–Trinajstić information content (AvgIpc) is 2.60. The van der Waals surface area contributed by atoms with Gasteiger partial charge in [0.25, 0.3) is 6.43 Å². The average molecular weight is 232 g/mol. The lowest BCUT2D eigenvalue weighted by Gasteiger charge is -2.18. The minimum atomic E-state index is -2.56. The molecule has 1 heterocycles. The molecule has 0 aliphatic rings. The molecule has 0 aliphatic carbocycles. The summed E-state index contributed by atoms with van der Waals surface area (Å²) < 4.78 is 27.2. The van der Waals surface area contributed by atoms with E-state index in [1.54, 1.807) is 0 Å². The van der Waals surface area contributed by atoms with E-state index in [9.17, 15) is 8.78 Å². The van der Waals surface area contributed by atoms with E-state index in [4.69, 9.17) is 5.73 Å². The summed E-state index contributed by atoms with van der Waals surface area (Å²) in [6.07, 6.45) is -2.22. The van der Waals surface area contributed by atoms with E-state index >= 15 is 0 Å². The van der Waals surface area contributed by atoms with Crippen molar-refractivity contribution in [1.29, 1.82) is 0 Å². The monoisotopic (exact) mass is 232 g/mol. The number of hydrogen-bond donors (Lipinski definition) is 1. The van der Waals surface area contributed by atoms with E-state index in [0.717, 1.165) is 0 Å². The molecular weight excluding hydrogens is 214 g/mol. The van der Waals surface area contributed by atoms with Gasteiger partial charge >= 0.3 is 0 Å². The van der Waals surface area contributed by atoms with Crippen molar-refractivity contribution in [3.05, 3.63) is 11.4 Å². The third kappa shape index (κ3) is 2.55. The van der Waals surface area contributed by atoms with E-state index in [1.165, 1.54) is 4.68 Å². The molecule has 2 N–H and O–H groups in total. The van der Waals surface area contributed by atoms with Gasteiger partial charge in [0, 0.05) is 6.42 Å². The van der Waals surface area contributed by atoms with Gasteiger partial charge in [0.2, 0.25) is 0 Å². The maximum atomic E-state index is 12.9. The summed E-state index contributed by atoms with van der Waals surface area (Å²) in [5.41, 5.74) is 5.57. The third-order valence-electron chi connectivity index (χ3n) is 2.74. The van der Waals surface area contributed by atoms with Crippen LogP contribution in [-0.2, 0) is 6.42 Å². The van der Waals surface area contributed by atoms with Crippen LogP contribution < -0.4 is 5.73 Å². The summed E-state index contributed by atoms with van der Waals surface area (Å²) in [6, 6.07) is -0.0944. The molecule has 1 atom stereocenters. The number of alkyl halides is 2. The van der Waals surface area contributed by atoms with Crippen LogP contribution >= 0.6 is 0 Å². The zero-order chi connectivity index (χ0) is 12.3. The van der Waals surface area contributed by atoms with Crippen LogP contribution in [0.3, 0.4) is 0 Å². The Balaban J connectivity index is 3.09. The van der Waals surface area contributed by atoms with Gasteiger partial charge in [-0.3, -0.25) is 0 Å². The zero-order valence-corrected chi connectivity index (χ0v) is 9.82. The zero-order valence-electron chi connectivity index (χ0n) is 9.82. The summed E-state index contributed by atoms with van der Waals surface area (Å²) in [4.78, 5) is 0. The standard InChI is InChI=1S/C10H18F2N4/c1-6(2)7(3)16-9(10(11)12)8(4-5-13)14-15-16/h6-7,10H,4-5,13H2,1-3H3. The molecule has 4 nitrogen and oxygen atoms in total. The van der Waals surface area contributed by atoms with Crippen LogP contribution in [-0.4, -0.2) is 21.5 Å². The fraction of sp³-hybridized carbons (Fsp3) is 0.800. The number of nitrogens with two attached hydrogens (primary N) is 1. The lowest BCUT2D eigenvalue weighted by Crippen LogP contribution is -2.17. The van der Waals surface area contributed by atoms with Gasteiger partial charge in [0.05, 0.1) is 11.7 Å². The molecular formula is C10H18F2N4. The highest BCUT2D eigenvalue weighted by Crippen LogP contribution is 2.27. The Hall–Kier alpha value is -1.04. The van der Waals surface area contributed by atoms with Crippen LogP contribution in [0.1, 0.15) is 44.6 Å². The first-order chi connectivity index (χ1) is 7.49. The second-order valence-corrected chi connectivity index (χ2v) is 4.19. The van der Waals surface area contributed by atoms with Crippen molar-refractivity contribution < 1.29 is 8.78 Å². The number of aromatic nitrogens is 3. The van der Waals surface area contributed by atoms with E-state index in [2.05, 4.69) is 10.3 Å². The molecule has 1 aromatic rings. The fourth-order valence-electron chi connectivity index (χ4n) is 1.46. The smallest absolute Gasteiger partial charge is 0.281 e. The van der Waals surface area contributed by atoms with Gasteiger partial charge in [-0.1, -0.05) is 19.1 Å². The Bertz CT molecular complexity index is 336. The van der Waals surface area contributed by atoms with Crippen molar-refractivity contribution in [3.8, 4) is 0 Å². The molecule has 0 spiro atoms. The van der Waals surface area contributed by atoms with Crippen molar-refractivity contribution in [1.82, 2.24) is 15.0 Å². The maximum absolute atomic E-state index is 12.9. The van der Waals surface area contributed by atoms with Crippen molar-refractivity contribution in [2.75, 3.05) is 6.54 Å². The van der Waals surface area contributed by atoms with Gasteiger partial charge in [-0.25, -0.2) is 13.5 Å². The first kappa shape index (κ1) is 13.0. The summed E-state index contributed by atoms with van der Waals surface area (Å²) >= 11 is 0. The molecule has 0 radical (unpaired) electrons. The second kappa shape index (κ2) is 5.34. The second-order valence-electron chi connectivity index (χ2n) is 4.19. The van der Waals surface area contributed by atoms with E-state index < -0.39 is 6.43 Å². The van der Waals surface area contributed by atoms with Gasteiger partial charge in [-0.05, 0) is 19.4 Å². The fourth-order valence-corrected chi connectivity index (χ4v) is 1.46. The Morgan fingerprint density at radius 1 is 1.31 bits per heavy atom. The van der Waals surface area contributed by atoms with Crippen LogP contribution in [0, 0.1) is 5.92 Å². The Morgan fingerprint density at radius 3 is 2.38 bits per heavy atom. The molecule has 1 aromatic heterocycles. The van der Waals surface area contributed by atoms with Crippen molar-refractivity contribution in [2.45, 2.75) is 39.7 Å². The highest BCUT2D eigenvalue weighted by Gasteiger charge is 2.25. The predicted octanol–water partition coefficient (Wildman–Crippen LogP) is 1.93. The van der Waals surface area contributed by atoms with E-state index in [-0.39, 0.29) is 17.7 Å². The third-order valence-corrected chi connectivity index (χ3v) is 2.74. The van der Waals surface area contributed by atoms with Crippen LogP contribution in [0.2, 0.25) is 0 Å². The molecule has 0 fully saturated rings. The van der Waals surface area contributed by atoms with Crippen molar-refractivity contribution >= 4 is 0 Å². The van der Waals surface area contributed by atoms with Gasteiger partial charge in [-0.15, -0.1) is 5.10 Å². The normalized spacial score (nSPS) is 13.8. The van der Waals surface area contributed by atoms with E-state index in [1.807, 2.05) is 20.8 Å². The number of rotatable bonds is 5. The minimum absolute atomic E-state index is 0.0911. The van der Waals surface area contributed by atoms with Gasteiger partial charge in [0.15, 0.2) is 0 Å². The summed E-state index contributed by atoms with van der Waals surface area (Å²) in [5, 5.41) is 7.59. The van der Waals surface area contributed by atoms with Gasteiger partial charge < -0.3 is 5.73 Å². The SMILES string of the molecule is CC(C)C(C)n1nnc(CCN)c1C(F)F. The largest absolute Gasteiger partial charge is 0.330 e. The molecule has 1 unspecified atom stereocenters. The molecule has 0 bridgehead atoms. The van der Waals surface area contributed by atoms with E-state index in [0.29, 0.717) is 18.7 Å². The highest BCUT2D eigenvalue weighted by molar-refractivity contribution is 5.13. The Morgan fingerprint density at radius 2 is 1.94 bits per heavy atom. The highest BCUT2D eigenvalue weighted by atomic mass is 19.3. The molecule has 0 aliphatic heterocycles. The van der Waals surface area contributed by atoms with Crippen LogP contribution in [0.5, 0.6) is 0 Å². The minimum Gasteiger partial charge on any atom is -0.330 e. The Labute approximate surface area is 93.8 Å². The van der Waals surface area contributed by atoms with Crippen LogP contribution in [0.15, 0.2) is 0 Å². The lowest BCUT2D eigenvalue weighted by atomic mass is 10.1. The molecule has 92 valence electrons. The topological polar surface area (TPSA) is 56.7 Å². The summed E-state index contributed by atoms with van der Waals surface area (Å²) in [5.74, 6) is 0.227. The first-order valence-corrected chi connectivity index (χ1v) is 5.41. The van der Waals surface area contributed by atoms with Crippen LogP contribution in [0.4, 0.5) is 8.78 Å². The summed E-state index contributed by atoms with van der Waals surface area (Å²) in [6.45, 7) is 6.08. The molecule has 1 rings (SSSR count). The molecule has 0 saturated carbocycles. The molecule has 16 heavy (non-hydrogen) atoms. The molecule has 6 heteroatoms. The van der Waals surface area contributed by atoms with Crippen molar-refractivity contribution in [3.63, 3.8) is 0 Å². The van der Waals surface area contributed by atoms with Gasteiger partial charge in [0.1, 0.15) is 5.69 Å².